The molecule has 0 radical (unpaired) electrons. The van der Waals surface area contributed by atoms with Crippen LogP contribution in [0.5, 0.6) is 0 Å². The standard InChI is InChI=1S/C11H14INO2/c1-3-8-15-11(14)13(2)10-6-4-9(12)5-7-10/h4-7H,3,8H2,1-2H3. The number of nitrogens with zero attached hydrogens (tertiary/aromatic N) is 1. The van der Waals surface area contributed by atoms with Crippen LogP contribution in [0.25, 0.3) is 0 Å². The summed E-state index contributed by atoms with van der Waals surface area (Å²) in [5, 5.41) is 0. The highest BCUT2D eigenvalue weighted by atomic mass is 127. The van der Waals surface area contributed by atoms with Gasteiger partial charge in [-0.3, -0.25) is 4.90 Å². The van der Waals surface area contributed by atoms with Gasteiger partial charge in [0.1, 0.15) is 0 Å². The van der Waals surface area contributed by atoms with Gasteiger partial charge in [-0.2, -0.15) is 0 Å². The lowest BCUT2D eigenvalue weighted by Gasteiger charge is -2.16. The molecule has 1 amide bonds. The molecule has 3 nitrogen and oxygen atoms in total. The second-order valence-electron chi connectivity index (χ2n) is 3.15. The lowest BCUT2D eigenvalue weighted by Crippen LogP contribution is -2.27. The van der Waals surface area contributed by atoms with Crippen molar-refractivity contribution in [1.82, 2.24) is 0 Å². The molecular weight excluding hydrogens is 305 g/mol. The minimum Gasteiger partial charge on any atom is -0.449 e. The number of ether oxygens (including phenoxy) is 1. The van der Waals surface area contributed by atoms with Crippen LogP contribution in [0.15, 0.2) is 24.3 Å². The molecule has 0 aliphatic rings. The normalized spacial score (nSPS) is 9.80. The van der Waals surface area contributed by atoms with E-state index in [4.69, 9.17) is 4.74 Å². The molecule has 0 atom stereocenters. The van der Waals surface area contributed by atoms with Crippen LogP contribution in [0.2, 0.25) is 0 Å². The molecule has 0 heterocycles. The van der Waals surface area contributed by atoms with Crippen LogP contribution in [0.1, 0.15) is 13.3 Å². The second kappa shape index (κ2) is 5.95. The number of rotatable bonds is 3. The molecule has 0 saturated carbocycles. The van der Waals surface area contributed by atoms with Crippen molar-refractivity contribution in [2.45, 2.75) is 13.3 Å². The van der Waals surface area contributed by atoms with Gasteiger partial charge >= 0.3 is 6.09 Å². The van der Waals surface area contributed by atoms with E-state index in [1.54, 1.807) is 7.05 Å². The van der Waals surface area contributed by atoms with Crippen LogP contribution >= 0.6 is 22.6 Å². The summed E-state index contributed by atoms with van der Waals surface area (Å²) in [7, 11) is 1.71. The fraction of sp³-hybridized carbons (Fsp3) is 0.364. The lowest BCUT2D eigenvalue weighted by molar-refractivity contribution is 0.155. The maximum Gasteiger partial charge on any atom is 0.414 e. The SMILES string of the molecule is CCCOC(=O)N(C)c1ccc(I)cc1. The van der Waals surface area contributed by atoms with Crippen LogP contribution in [-0.2, 0) is 4.74 Å². The number of carbonyl (C=O) groups excluding carboxylic acids is 1. The number of benzene rings is 1. The summed E-state index contributed by atoms with van der Waals surface area (Å²) in [5.41, 5.74) is 0.844. The van der Waals surface area contributed by atoms with Crippen molar-refractivity contribution in [2.75, 3.05) is 18.6 Å². The first-order valence-corrected chi connectivity index (χ1v) is 5.89. The van der Waals surface area contributed by atoms with Crippen molar-refractivity contribution >= 4 is 34.4 Å². The largest absolute Gasteiger partial charge is 0.449 e. The first-order chi connectivity index (χ1) is 7.15. The van der Waals surface area contributed by atoms with Crippen molar-refractivity contribution < 1.29 is 9.53 Å². The molecular formula is C11H14INO2. The van der Waals surface area contributed by atoms with E-state index in [1.807, 2.05) is 31.2 Å². The molecule has 0 spiro atoms. The number of halogens is 1. The minimum atomic E-state index is -0.307. The van der Waals surface area contributed by atoms with Crippen LogP contribution in [-0.4, -0.2) is 19.7 Å². The Balaban J connectivity index is 2.63. The molecule has 0 saturated heterocycles. The van der Waals surface area contributed by atoms with Gasteiger partial charge in [0, 0.05) is 16.3 Å². The Morgan fingerprint density at radius 1 is 1.40 bits per heavy atom. The van der Waals surface area contributed by atoms with Crippen LogP contribution in [0, 0.1) is 3.57 Å². The summed E-state index contributed by atoms with van der Waals surface area (Å²) in [4.78, 5) is 13.0. The van der Waals surface area contributed by atoms with Crippen molar-refractivity contribution in [3.63, 3.8) is 0 Å². The molecule has 1 aromatic carbocycles. The van der Waals surface area contributed by atoms with Gasteiger partial charge in [0.25, 0.3) is 0 Å². The molecule has 0 N–H and O–H groups in total. The van der Waals surface area contributed by atoms with E-state index in [0.29, 0.717) is 6.61 Å². The third kappa shape index (κ3) is 3.70. The van der Waals surface area contributed by atoms with E-state index >= 15 is 0 Å². The molecule has 0 aliphatic carbocycles. The van der Waals surface area contributed by atoms with Gasteiger partial charge < -0.3 is 4.74 Å². The fourth-order valence-corrected chi connectivity index (χ4v) is 1.42. The lowest BCUT2D eigenvalue weighted by atomic mass is 10.3. The highest BCUT2D eigenvalue weighted by Crippen LogP contribution is 2.15. The first kappa shape index (κ1) is 12.3. The Morgan fingerprint density at radius 3 is 2.53 bits per heavy atom. The highest BCUT2D eigenvalue weighted by molar-refractivity contribution is 14.1. The van der Waals surface area contributed by atoms with Gasteiger partial charge in [-0.15, -0.1) is 0 Å². The zero-order valence-electron chi connectivity index (χ0n) is 8.87. The number of hydrogen-bond acceptors (Lipinski definition) is 2. The zero-order valence-corrected chi connectivity index (χ0v) is 11.0. The molecule has 0 aliphatic heterocycles. The Hall–Kier alpha value is -0.780. The highest BCUT2D eigenvalue weighted by Gasteiger charge is 2.10. The predicted molar refractivity (Wildman–Crippen MR) is 69.2 cm³/mol. The monoisotopic (exact) mass is 319 g/mol. The second-order valence-corrected chi connectivity index (χ2v) is 4.40. The van der Waals surface area contributed by atoms with E-state index in [2.05, 4.69) is 22.6 Å². The summed E-state index contributed by atoms with van der Waals surface area (Å²) in [5.74, 6) is 0. The number of carbonyl (C=O) groups is 1. The zero-order chi connectivity index (χ0) is 11.3. The van der Waals surface area contributed by atoms with E-state index in [-0.39, 0.29) is 6.09 Å². The van der Waals surface area contributed by atoms with E-state index in [9.17, 15) is 4.79 Å². The average Bonchev–Trinajstić information content (AvgIpc) is 2.26. The minimum absolute atomic E-state index is 0.307. The maximum atomic E-state index is 11.5. The summed E-state index contributed by atoms with van der Waals surface area (Å²) in [6.45, 7) is 2.44. The maximum absolute atomic E-state index is 11.5. The molecule has 15 heavy (non-hydrogen) atoms. The Labute approximate surface area is 104 Å². The topological polar surface area (TPSA) is 29.5 Å². The third-order valence-corrected chi connectivity index (χ3v) is 2.64. The number of hydrogen-bond donors (Lipinski definition) is 0. The van der Waals surface area contributed by atoms with E-state index in [0.717, 1.165) is 15.7 Å². The van der Waals surface area contributed by atoms with Gasteiger partial charge in [-0.1, -0.05) is 6.92 Å². The van der Waals surface area contributed by atoms with Crippen molar-refractivity contribution in [1.29, 1.82) is 0 Å². The number of anilines is 1. The third-order valence-electron chi connectivity index (χ3n) is 1.92. The smallest absolute Gasteiger partial charge is 0.414 e. The quantitative estimate of drug-likeness (QED) is 0.800. The summed E-state index contributed by atoms with van der Waals surface area (Å²) >= 11 is 2.23. The van der Waals surface area contributed by atoms with Crippen molar-refractivity contribution in [3.8, 4) is 0 Å². The van der Waals surface area contributed by atoms with Gasteiger partial charge in [0.05, 0.1) is 6.61 Å². The first-order valence-electron chi connectivity index (χ1n) is 4.81. The molecule has 0 aromatic heterocycles. The van der Waals surface area contributed by atoms with Crippen molar-refractivity contribution in [3.05, 3.63) is 27.8 Å². The number of amides is 1. The molecule has 0 bridgehead atoms. The predicted octanol–water partition coefficient (Wildman–Crippen LogP) is 3.27. The van der Waals surface area contributed by atoms with E-state index in [1.165, 1.54) is 4.90 Å². The fourth-order valence-electron chi connectivity index (χ4n) is 1.06. The average molecular weight is 319 g/mol. The van der Waals surface area contributed by atoms with Gasteiger partial charge in [0.2, 0.25) is 0 Å². The van der Waals surface area contributed by atoms with Crippen LogP contribution in [0.4, 0.5) is 10.5 Å². The molecule has 1 rings (SSSR count). The molecule has 4 heteroatoms. The van der Waals surface area contributed by atoms with Gasteiger partial charge in [-0.25, -0.2) is 4.79 Å². The molecule has 0 unspecified atom stereocenters. The van der Waals surface area contributed by atoms with E-state index < -0.39 is 0 Å². The molecule has 0 fully saturated rings. The van der Waals surface area contributed by atoms with Gasteiger partial charge in [0.15, 0.2) is 0 Å². The molecule has 1 aromatic rings. The Morgan fingerprint density at radius 2 is 2.00 bits per heavy atom. The summed E-state index contributed by atoms with van der Waals surface area (Å²) in [6.07, 6.45) is 0.532. The Kier molecular flexibility index (Phi) is 4.87. The van der Waals surface area contributed by atoms with Crippen LogP contribution < -0.4 is 4.90 Å². The Bertz CT molecular complexity index is 324. The van der Waals surface area contributed by atoms with Gasteiger partial charge in [-0.05, 0) is 53.3 Å². The summed E-state index contributed by atoms with van der Waals surface area (Å²) in [6, 6.07) is 7.71. The summed E-state index contributed by atoms with van der Waals surface area (Å²) < 4.78 is 6.17. The molecule has 82 valence electrons. The van der Waals surface area contributed by atoms with Crippen molar-refractivity contribution in [2.24, 2.45) is 0 Å². The van der Waals surface area contributed by atoms with Crippen LogP contribution in [0.3, 0.4) is 0 Å².